The summed E-state index contributed by atoms with van der Waals surface area (Å²) in [5.74, 6) is 1.24. The van der Waals surface area contributed by atoms with Gasteiger partial charge in [0, 0.05) is 17.5 Å². The lowest BCUT2D eigenvalue weighted by atomic mass is 10.2. The van der Waals surface area contributed by atoms with E-state index in [2.05, 4.69) is 43.6 Å². The van der Waals surface area contributed by atoms with E-state index in [1.807, 2.05) is 42.6 Å². The van der Waals surface area contributed by atoms with Crippen molar-refractivity contribution in [1.29, 1.82) is 0 Å². The molecule has 1 aromatic carbocycles. The van der Waals surface area contributed by atoms with Crippen LogP contribution in [-0.2, 0) is 11.4 Å². The molecule has 4 heterocycles. The highest BCUT2D eigenvalue weighted by Gasteiger charge is 2.19. The molecule has 0 saturated carbocycles. The molecule has 5 rings (SSSR count). The largest absolute Gasteiger partial charge is 0.496 e. The Hall–Kier alpha value is -4.27. The summed E-state index contributed by atoms with van der Waals surface area (Å²) in [7, 11) is 1.62. The number of ether oxygens (including phenoxy) is 1. The summed E-state index contributed by atoms with van der Waals surface area (Å²) in [6.45, 7) is 4.26. The Bertz CT molecular complexity index is 1440. The maximum absolute atomic E-state index is 5.43. The average Bonchev–Trinajstić information content (AvgIpc) is 3.35. The fourth-order valence-electron chi connectivity index (χ4n) is 3.73. The van der Waals surface area contributed by atoms with Crippen LogP contribution in [0.15, 0.2) is 60.3 Å². The zero-order valence-corrected chi connectivity index (χ0v) is 17.9. The molecule has 0 atom stereocenters. The molecule has 0 aliphatic rings. The predicted molar refractivity (Wildman–Crippen MR) is 120 cm³/mol. The normalized spacial score (nSPS) is 11.6. The van der Waals surface area contributed by atoms with Crippen LogP contribution in [0.4, 0.5) is 0 Å². The quantitative estimate of drug-likeness (QED) is 0.303. The molecule has 32 heavy (non-hydrogen) atoms. The molecule has 5 aromatic rings. The van der Waals surface area contributed by atoms with E-state index in [1.54, 1.807) is 30.4 Å². The van der Waals surface area contributed by atoms with Gasteiger partial charge in [0.2, 0.25) is 0 Å². The van der Waals surface area contributed by atoms with Crippen molar-refractivity contribution in [2.45, 2.75) is 20.5 Å². The first-order valence-electron chi connectivity index (χ1n) is 10.1. The second-order valence-corrected chi connectivity index (χ2v) is 7.25. The zero-order chi connectivity index (χ0) is 22.1. The maximum atomic E-state index is 5.43. The summed E-state index contributed by atoms with van der Waals surface area (Å²) >= 11 is 0. The first-order valence-corrected chi connectivity index (χ1v) is 10.1. The van der Waals surface area contributed by atoms with Crippen LogP contribution in [0.3, 0.4) is 0 Å². The van der Waals surface area contributed by atoms with Gasteiger partial charge in [-0.3, -0.25) is 9.55 Å². The van der Waals surface area contributed by atoms with Gasteiger partial charge in [-0.15, -0.1) is 5.10 Å². The van der Waals surface area contributed by atoms with E-state index < -0.39 is 0 Å². The fraction of sp³-hybridized carbons (Fsp3) is 0.174. The van der Waals surface area contributed by atoms with Gasteiger partial charge in [0.25, 0.3) is 0 Å². The molecular formula is C23H21N7O2. The molecule has 9 heteroatoms. The first-order chi connectivity index (χ1) is 15.7. The van der Waals surface area contributed by atoms with Gasteiger partial charge in [0.1, 0.15) is 12.1 Å². The molecule has 0 saturated heterocycles. The van der Waals surface area contributed by atoms with Crippen molar-refractivity contribution < 1.29 is 9.57 Å². The smallest absolute Gasteiger partial charge is 0.192 e. The van der Waals surface area contributed by atoms with E-state index in [9.17, 15) is 0 Å². The van der Waals surface area contributed by atoms with E-state index in [1.165, 1.54) is 0 Å². The molecule has 0 bridgehead atoms. The van der Waals surface area contributed by atoms with Gasteiger partial charge >= 0.3 is 0 Å². The zero-order valence-electron chi connectivity index (χ0n) is 17.9. The van der Waals surface area contributed by atoms with Crippen molar-refractivity contribution in [3.63, 3.8) is 0 Å². The van der Waals surface area contributed by atoms with E-state index >= 15 is 0 Å². The van der Waals surface area contributed by atoms with Crippen LogP contribution in [0.25, 0.3) is 22.4 Å². The van der Waals surface area contributed by atoms with Crippen molar-refractivity contribution in [3.8, 4) is 11.4 Å². The number of hydrogen-bond donors (Lipinski definition) is 0. The Morgan fingerprint density at radius 1 is 1.09 bits per heavy atom. The summed E-state index contributed by atoms with van der Waals surface area (Å²) in [4.78, 5) is 19.0. The van der Waals surface area contributed by atoms with Gasteiger partial charge < -0.3 is 9.57 Å². The van der Waals surface area contributed by atoms with E-state index in [4.69, 9.17) is 9.57 Å². The molecule has 0 spiro atoms. The number of aryl methyl sites for hydroxylation is 1. The summed E-state index contributed by atoms with van der Waals surface area (Å²) < 4.78 is 9.06. The fourth-order valence-corrected chi connectivity index (χ4v) is 3.73. The molecule has 0 amide bonds. The predicted octanol–water partition coefficient (Wildman–Crippen LogP) is 3.64. The number of fused-ring (bicyclic) bond motifs is 3. The number of para-hydroxylation sites is 1. The molecule has 160 valence electrons. The number of hydrogen-bond acceptors (Lipinski definition) is 7. The summed E-state index contributed by atoms with van der Waals surface area (Å²) in [5, 5.41) is 9.47. The van der Waals surface area contributed by atoms with Crippen molar-refractivity contribution in [3.05, 3.63) is 77.8 Å². The topological polar surface area (TPSA) is 91.7 Å². The SMILES string of the molecule is COc1ccccc1/C=N\OCc1nc2c3c(C)c(C)n(-c4cccnc4)c3ncn2n1. The lowest BCUT2D eigenvalue weighted by Crippen LogP contribution is -1.99. The van der Waals surface area contributed by atoms with E-state index in [-0.39, 0.29) is 6.61 Å². The standard InChI is InChI=1S/C23H21N7O2/c1-15-16(2)30(18-8-6-10-24-12-18)22-21(15)23-27-20(28-29(23)14-25-22)13-32-26-11-17-7-4-5-9-19(17)31-3/h4-12,14H,13H2,1-3H3/b26-11-. The van der Waals surface area contributed by atoms with Crippen molar-refractivity contribution in [2.75, 3.05) is 7.11 Å². The van der Waals surface area contributed by atoms with Crippen LogP contribution < -0.4 is 4.74 Å². The molecular weight excluding hydrogens is 406 g/mol. The van der Waals surface area contributed by atoms with Crippen LogP contribution in [0.1, 0.15) is 22.6 Å². The average molecular weight is 427 g/mol. The van der Waals surface area contributed by atoms with E-state index in [0.717, 1.165) is 44.9 Å². The van der Waals surface area contributed by atoms with Crippen LogP contribution >= 0.6 is 0 Å². The minimum Gasteiger partial charge on any atom is -0.496 e. The highest BCUT2D eigenvalue weighted by atomic mass is 16.6. The number of benzene rings is 1. The highest BCUT2D eigenvalue weighted by molar-refractivity contribution is 5.94. The van der Waals surface area contributed by atoms with Gasteiger partial charge in [0.05, 0.1) is 30.6 Å². The van der Waals surface area contributed by atoms with Crippen LogP contribution in [-0.4, -0.2) is 42.5 Å². The highest BCUT2D eigenvalue weighted by Crippen LogP contribution is 2.29. The van der Waals surface area contributed by atoms with Gasteiger partial charge in [-0.05, 0) is 43.7 Å². The Labute approximate surface area is 184 Å². The Morgan fingerprint density at radius 2 is 1.97 bits per heavy atom. The van der Waals surface area contributed by atoms with Crippen LogP contribution in [0.5, 0.6) is 5.75 Å². The maximum Gasteiger partial charge on any atom is 0.192 e. The van der Waals surface area contributed by atoms with Gasteiger partial charge in [-0.25, -0.2) is 14.5 Å². The second kappa shape index (κ2) is 8.10. The van der Waals surface area contributed by atoms with E-state index in [0.29, 0.717) is 5.82 Å². The minimum absolute atomic E-state index is 0.135. The molecule has 4 aromatic heterocycles. The van der Waals surface area contributed by atoms with Gasteiger partial charge in [0.15, 0.2) is 23.7 Å². The summed E-state index contributed by atoms with van der Waals surface area (Å²) in [6.07, 6.45) is 6.85. The molecule has 0 unspecified atom stereocenters. The number of nitrogens with zero attached hydrogens (tertiary/aromatic N) is 7. The number of oxime groups is 1. The molecule has 0 N–H and O–H groups in total. The third-order valence-electron chi connectivity index (χ3n) is 5.38. The van der Waals surface area contributed by atoms with Crippen molar-refractivity contribution in [1.82, 2.24) is 29.1 Å². The van der Waals surface area contributed by atoms with Crippen molar-refractivity contribution >= 4 is 22.9 Å². The summed E-state index contributed by atoms with van der Waals surface area (Å²) in [5.41, 5.74) is 5.49. The van der Waals surface area contributed by atoms with Crippen LogP contribution in [0, 0.1) is 13.8 Å². The molecule has 9 nitrogen and oxygen atoms in total. The third-order valence-corrected chi connectivity index (χ3v) is 5.38. The lowest BCUT2D eigenvalue weighted by molar-refractivity contribution is 0.126. The van der Waals surface area contributed by atoms with Gasteiger partial charge in [-0.1, -0.05) is 17.3 Å². The Balaban J connectivity index is 1.45. The molecule has 0 aliphatic carbocycles. The van der Waals surface area contributed by atoms with Crippen LogP contribution in [0.2, 0.25) is 0 Å². The number of aromatic nitrogens is 6. The van der Waals surface area contributed by atoms with Gasteiger partial charge in [-0.2, -0.15) is 0 Å². The number of rotatable bonds is 6. The first kappa shape index (κ1) is 19.7. The number of pyridine rings is 1. The minimum atomic E-state index is 0.135. The van der Waals surface area contributed by atoms with Crippen molar-refractivity contribution in [2.24, 2.45) is 5.16 Å². The molecule has 0 aliphatic heterocycles. The monoisotopic (exact) mass is 427 g/mol. The Morgan fingerprint density at radius 3 is 2.78 bits per heavy atom. The number of methoxy groups -OCH3 is 1. The second-order valence-electron chi connectivity index (χ2n) is 7.25. The molecule has 0 fully saturated rings. The lowest BCUT2D eigenvalue weighted by Gasteiger charge is -2.06. The Kier molecular flexibility index (Phi) is 4.98. The third kappa shape index (κ3) is 3.33. The molecule has 0 radical (unpaired) electrons. The summed E-state index contributed by atoms with van der Waals surface area (Å²) in [6, 6.07) is 11.5.